The fourth-order valence-electron chi connectivity index (χ4n) is 3.97. The minimum atomic E-state index is -0.908. The van der Waals surface area contributed by atoms with Crippen molar-refractivity contribution in [3.8, 4) is 0 Å². The number of rotatable bonds is 2. The van der Waals surface area contributed by atoms with Gasteiger partial charge >= 0.3 is 5.97 Å². The van der Waals surface area contributed by atoms with Gasteiger partial charge in [-0.1, -0.05) is 0 Å². The minimum absolute atomic E-state index is 0.105. The van der Waals surface area contributed by atoms with E-state index in [9.17, 15) is 14.7 Å². The monoisotopic (exact) mass is 380 g/mol. The summed E-state index contributed by atoms with van der Waals surface area (Å²) in [6.45, 7) is 7.31. The van der Waals surface area contributed by atoms with Gasteiger partial charge in [0.05, 0.1) is 17.3 Å². The first-order valence-electron chi connectivity index (χ1n) is 7.91. The molecule has 23 heavy (non-hydrogen) atoms. The molecule has 6 heteroatoms. The van der Waals surface area contributed by atoms with Gasteiger partial charge in [-0.05, 0) is 53.9 Å². The number of aromatic carboxylic acids is 1. The maximum Gasteiger partial charge on any atom is 0.335 e. The van der Waals surface area contributed by atoms with E-state index in [-0.39, 0.29) is 23.9 Å². The van der Waals surface area contributed by atoms with Crippen molar-refractivity contribution in [2.24, 2.45) is 0 Å². The second kappa shape index (κ2) is 5.82. The third-order valence-corrected chi connectivity index (χ3v) is 5.54. The second-order valence-corrected chi connectivity index (χ2v) is 7.48. The van der Waals surface area contributed by atoms with Crippen LogP contribution in [0.4, 0.5) is 5.69 Å². The zero-order valence-corrected chi connectivity index (χ0v) is 15.1. The number of nitrogens with zero attached hydrogens (tertiary/aromatic N) is 2. The number of amides is 1. The average Bonchev–Trinajstić information content (AvgIpc) is 2.81. The van der Waals surface area contributed by atoms with Crippen molar-refractivity contribution in [3.63, 3.8) is 0 Å². The predicted octanol–water partition coefficient (Wildman–Crippen LogP) is 3.08. The van der Waals surface area contributed by atoms with Crippen LogP contribution in [0.5, 0.6) is 0 Å². The number of carbonyl (C=O) groups excluding carboxylic acids is 1. The molecule has 0 saturated carbocycles. The van der Waals surface area contributed by atoms with Crippen LogP contribution in [0, 0.1) is 0 Å². The predicted molar refractivity (Wildman–Crippen MR) is 92.1 cm³/mol. The summed E-state index contributed by atoms with van der Waals surface area (Å²) in [5.41, 5.74) is 2.50. The lowest BCUT2D eigenvalue weighted by Gasteiger charge is -2.41. The minimum Gasteiger partial charge on any atom is -0.478 e. The molecule has 1 aromatic rings. The molecule has 0 radical (unpaired) electrons. The van der Waals surface area contributed by atoms with E-state index < -0.39 is 5.97 Å². The smallest absolute Gasteiger partial charge is 0.335 e. The number of halogens is 1. The van der Waals surface area contributed by atoms with Gasteiger partial charge in [-0.15, -0.1) is 0 Å². The number of carboxylic acid groups (broad SMARTS) is 1. The normalized spacial score (nSPS) is 23.0. The summed E-state index contributed by atoms with van der Waals surface area (Å²) in [4.78, 5) is 27.4. The first kappa shape index (κ1) is 16.3. The van der Waals surface area contributed by atoms with Crippen molar-refractivity contribution in [1.29, 1.82) is 0 Å². The lowest BCUT2D eigenvalue weighted by Crippen LogP contribution is -2.51. The lowest BCUT2D eigenvalue weighted by atomic mass is 9.87. The molecule has 2 heterocycles. The SMILES string of the molecule is CC(=O)N1CCC2c3cc(C(=O)O)cc(Br)c3N(C(C)C)C2C1. The average molecular weight is 381 g/mol. The van der Waals surface area contributed by atoms with Crippen LogP contribution in [-0.4, -0.2) is 47.1 Å². The van der Waals surface area contributed by atoms with Crippen molar-refractivity contribution in [2.45, 2.75) is 45.2 Å². The summed E-state index contributed by atoms with van der Waals surface area (Å²) in [5, 5.41) is 9.34. The number of benzene rings is 1. The van der Waals surface area contributed by atoms with E-state index in [2.05, 4.69) is 34.7 Å². The Kier molecular flexibility index (Phi) is 4.12. The Hall–Kier alpha value is -1.56. The van der Waals surface area contributed by atoms with Gasteiger partial charge in [0, 0.05) is 36.4 Å². The van der Waals surface area contributed by atoms with Gasteiger partial charge in [0.15, 0.2) is 0 Å². The van der Waals surface area contributed by atoms with E-state index in [0.717, 1.165) is 28.7 Å². The van der Waals surface area contributed by atoms with Crippen molar-refractivity contribution >= 4 is 33.5 Å². The largest absolute Gasteiger partial charge is 0.478 e. The van der Waals surface area contributed by atoms with E-state index >= 15 is 0 Å². The number of carboxylic acids is 1. The Morgan fingerprint density at radius 1 is 1.35 bits per heavy atom. The first-order chi connectivity index (χ1) is 10.8. The van der Waals surface area contributed by atoms with Gasteiger partial charge in [-0.3, -0.25) is 4.79 Å². The van der Waals surface area contributed by atoms with Gasteiger partial charge in [-0.25, -0.2) is 4.79 Å². The van der Waals surface area contributed by atoms with Gasteiger partial charge in [-0.2, -0.15) is 0 Å². The molecule has 3 rings (SSSR count). The number of carbonyl (C=O) groups is 2. The number of fused-ring (bicyclic) bond motifs is 3. The molecule has 0 aromatic heterocycles. The number of anilines is 1. The maximum absolute atomic E-state index is 11.8. The summed E-state index contributed by atoms with van der Waals surface area (Å²) in [6, 6.07) is 3.98. The highest BCUT2D eigenvalue weighted by Crippen LogP contribution is 2.49. The van der Waals surface area contributed by atoms with E-state index in [4.69, 9.17) is 0 Å². The molecule has 1 N–H and O–H groups in total. The molecule has 124 valence electrons. The summed E-state index contributed by atoms with van der Waals surface area (Å²) in [6.07, 6.45) is 0.871. The zero-order chi connectivity index (χ0) is 16.9. The maximum atomic E-state index is 11.8. The third kappa shape index (κ3) is 2.63. The topological polar surface area (TPSA) is 60.9 Å². The Labute approximate surface area is 144 Å². The molecule has 1 aromatic carbocycles. The van der Waals surface area contributed by atoms with E-state index in [1.807, 2.05) is 11.0 Å². The van der Waals surface area contributed by atoms with Crippen LogP contribution in [0.25, 0.3) is 0 Å². The summed E-state index contributed by atoms with van der Waals surface area (Å²) >= 11 is 3.57. The third-order valence-electron chi connectivity index (χ3n) is 4.94. The Morgan fingerprint density at radius 2 is 2.04 bits per heavy atom. The van der Waals surface area contributed by atoms with Crippen molar-refractivity contribution in [1.82, 2.24) is 4.90 Å². The molecular formula is C17H21BrN2O3. The molecule has 1 fully saturated rings. The first-order valence-corrected chi connectivity index (χ1v) is 8.71. The Morgan fingerprint density at radius 3 is 2.61 bits per heavy atom. The van der Waals surface area contributed by atoms with Crippen molar-refractivity contribution in [3.05, 3.63) is 27.7 Å². The van der Waals surface area contributed by atoms with Gasteiger partial charge in [0.2, 0.25) is 5.91 Å². The fourth-order valence-corrected chi connectivity index (χ4v) is 4.65. The standard InChI is InChI=1S/C17H21BrN2O3/c1-9(2)20-15-8-19(10(3)21)5-4-12(15)13-6-11(17(22)23)7-14(18)16(13)20/h6-7,9,12,15H,4-5,8H2,1-3H3,(H,22,23). The number of hydrogen-bond acceptors (Lipinski definition) is 3. The van der Waals surface area contributed by atoms with Crippen LogP contribution in [-0.2, 0) is 4.79 Å². The van der Waals surface area contributed by atoms with Gasteiger partial charge in [0.25, 0.3) is 0 Å². The molecule has 2 aliphatic heterocycles. The van der Waals surface area contributed by atoms with E-state index in [1.54, 1.807) is 13.0 Å². The summed E-state index contributed by atoms with van der Waals surface area (Å²) < 4.78 is 0.824. The van der Waals surface area contributed by atoms with E-state index in [0.29, 0.717) is 12.1 Å². The number of likely N-dealkylation sites (tertiary alicyclic amines) is 1. The van der Waals surface area contributed by atoms with E-state index in [1.165, 1.54) is 0 Å². The van der Waals surface area contributed by atoms with Crippen molar-refractivity contribution < 1.29 is 14.7 Å². The molecule has 0 spiro atoms. The lowest BCUT2D eigenvalue weighted by molar-refractivity contribution is -0.130. The van der Waals surface area contributed by atoms with Gasteiger partial charge in [0.1, 0.15) is 0 Å². The number of hydrogen-bond donors (Lipinski definition) is 1. The van der Waals surface area contributed by atoms with Crippen LogP contribution in [0.15, 0.2) is 16.6 Å². The Bertz CT molecular complexity index is 674. The number of piperidine rings is 1. The second-order valence-electron chi connectivity index (χ2n) is 6.63. The molecule has 2 unspecified atom stereocenters. The molecule has 2 atom stereocenters. The summed E-state index contributed by atoms with van der Waals surface area (Å²) in [5.74, 6) is -0.527. The fraction of sp³-hybridized carbons (Fsp3) is 0.529. The van der Waals surface area contributed by atoms with Crippen LogP contribution in [0.3, 0.4) is 0 Å². The van der Waals surface area contributed by atoms with Crippen LogP contribution >= 0.6 is 15.9 Å². The zero-order valence-electron chi connectivity index (χ0n) is 13.5. The molecular weight excluding hydrogens is 360 g/mol. The highest BCUT2D eigenvalue weighted by atomic mass is 79.9. The summed E-state index contributed by atoms with van der Waals surface area (Å²) in [7, 11) is 0. The van der Waals surface area contributed by atoms with Crippen LogP contribution < -0.4 is 4.90 Å². The van der Waals surface area contributed by atoms with Gasteiger partial charge < -0.3 is 14.9 Å². The Balaban J connectivity index is 2.08. The molecule has 2 aliphatic rings. The van der Waals surface area contributed by atoms with Crippen molar-refractivity contribution in [2.75, 3.05) is 18.0 Å². The highest BCUT2D eigenvalue weighted by Gasteiger charge is 2.44. The quantitative estimate of drug-likeness (QED) is 0.856. The molecule has 5 nitrogen and oxygen atoms in total. The molecule has 0 aliphatic carbocycles. The van der Waals surface area contributed by atoms with Crippen LogP contribution in [0.2, 0.25) is 0 Å². The van der Waals surface area contributed by atoms with Crippen LogP contribution in [0.1, 0.15) is 49.0 Å². The molecule has 1 saturated heterocycles. The molecule has 0 bridgehead atoms. The molecule has 1 amide bonds. The highest BCUT2D eigenvalue weighted by molar-refractivity contribution is 9.10.